The van der Waals surface area contributed by atoms with Crippen LogP contribution in [0.5, 0.6) is 0 Å². The van der Waals surface area contributed by atoms with Crippen LogP contribution in [0.2, 0.25) is 36.3 Å². The molecule has 1 unspecified atom stereocenters. The number of H-pyrrole nitrogens is 1. The molecule has 1 saturated heterocycles. The second kappa shape index (κ2) is 14.0. The lowest BCUT2D eigenvalue weighted by Gasteiger charge is -2.41. The average Bonchev–Trinajstić information content (AvgIpc) is 3.64. The van der Waals surface area contributed by atoms with E-state index in [4.69, 9.17) is 13.6 Å². The van der Waals surface area contributed by atoms with Crippen LogP contribution in [0.1, 0.15) is 90.6 Å². The predicted molar refractivity (Wildman–Crippen MR) is 189 cm³/mol. The van der Waals surface area contributed by atoms with Gasteiger partial charge in [-0.05, 0) is 67.7 Å². The largest absolute Gasteiger partial charge is 0.488 e. The maximum atomic E-state index is 16.4. The van der Waals surface area contributed by atoms with E-state index >= 15 is 8.78 Å². The topological polar surface area (TPSA) is 82.2 Å². The molecule has 2 heterocycles. The number of aryl methyl sites for hydroxylation is 2. The van der Waals surface area contributed by atoms with Crippen molar-refractivity contribution in [2.75, 3.05) is 0 Å². The van der Waals surface area contributed by atoms with E-state index in [0.717, 1.165) is 0 Å². The summed E-state index contributed by atoms with van der Waals surface area (Å²) >= 11 is 0. The van der Waals surface area contributed by atoms with Crippen molar-refractivity contribution >= 4 is 16.6 Å². The summed E-state index contributed by atoms with van der Waals surface area (Å²) in [6, 6.07) is 8.50. The van der Waals surface area contributed by atoms with Crippen molar-refractivity contribution in [2.45, 2.75) is 147 Å². The number of nitrogens with one attached hydrogen (secondary N) is 1. The summed E-state index contributed by atoms with van der Waals surface area (Å²) in [6.45, 7) is 26.4. The van der Waals surface area contributed by atoms with E-state index in [0.29, 0.717) is 31.5 Å². The Morgan fingerprint density at radius 1 is 1.09 bits per heavy atom. The lowest BCUT2D eigenvalue weighted by Crippen LogP contribution is -2.46. The molecule has 0 spiro atoms. The predicted octanol–water partition coefficient (Wildman–Crippen LogP) is 9.53. The molecule has 1 aromatic carbocycles. The van der Waals surface area contributed by atoms with E-state index in [1.165, 1.54) is 11.1 Å². The fourth-order valence-electron chi connectivity index (χ4n) is 6.11. The van der Waals surface area contributed by atoms with Crippen LogP contribution >= 0.6 is 0 Å². The van der Waals surface area contributed by atoms with Crippen molar-refractivity contribution in [3.05, 3.63) is 65.2 Å². The lowest BCUT2D eigenvalue weighted by molar-refractivity contribution is -0.0259. The highest BCUT2D eigenvalue weighted by atomic mass is 28.4. The number of rotatable bonds is 12. The van der Waals surface area contributed by atoms with Gasteiger partial charge in [0.2, 0.25) is 0 Å². The Kier molecular flexibility index (Phi) is 11.2. The summed E-state index contributed by atoms with van der Waals surface area (Å²) in [5.74, 6) is -4.26. The number of aromatic nitrogens is 4. The number of hydrogen-bond acceptors (Lipinski definition) is 6. The van der Waals surface area contributed by atoms with E-state index in [2.05, 4.69) is 133 Å². The van der Waals surface area contributed by atoms with Gasteiger partial charge in [-0.1, -0.05) is 95.7 Å². The summed E-state index contributed by atoms with van der Waals surface area (Å²) in [6.07, 6.45) is 6.44. The smallest absolute Gasteiger partial charge is 0.310 e. The van der Waals surface area contributed by atoms with E-state index in [1.807, 2.05) is 6.08 Å². The van der Waals surface area contributed by atoms with Crippen molar-refractivity contribution in [1.82, 2.24) is 20.6 Å². The van der Waals surface area contributed by atoms with Gasteiger partial charge in [-0.25, -0.2) is 0 Å². The standard InChI is InChI=1S/C36H58F2N4O3Si2/c1-24-16-15-17-26(22-24)25(2)28(44-46(9,10)34(3,4)5)21-20-27-29(45-47(11,12)35(6,7)8)23-30-33(27)36(37,38)31(43-30)18-13-14-19-32-39-41-42-40-32/h15-18,20-22,25,27-30,33H,13-14,19,23H2,1-12H3,(H,39,40,41,42)/t25?,27-,28+,29+,30-,33+/m0/s1. The zero-order valence-electron chi connectivity index (χ0n) is 30.7. The van der Waals surface area contributed by atoms with Gasteiger partial charge in [-0.3, -0.25) is 0 Å². The molecular formula is C36H58F2N4O3Si2. The molecule has 262 valence electrons. The molecule has 2 fully saturated rings. The quantitative estimate of drug-likeness (QED) is 0.136. The maximum Gasteiger partial charge on any atom is 0.310 e. The number of benzene rings is 1. The Morgan fingerprint density at radius 3 is 2.36 bits per heavy atom. The Hall–Kier alpha value is -2.22. The zero-order valence-corrected chi connectivity index (χ0v) is 32.7. The number of tetrazole rings is 1. The van der Waals surface area contributed by atoms with Crippen molar-refractivity contribution in [2.24, 2.45) is 11.8 Å². The van der Waals surface area contributed by atoms with E-state index in [1.54, 1.807) is 6.08 Å². The fraction of sp³-hybridized carbons (Fsp3) is 0.694. The molecule has 6 atom stereocenters. The maximum absolute atomic E-state index is 16.4. The second-order valence-electron chi connectivity index (χ2n) is 16.8. The summed E-state index contributed by atoms with van der Waals surface area (Å²) in [5, 5.41) is 13.9. The first-order valence-corrected chi connectivity index (χ1v) is 23.0. The lowest BCUT2D eigenvalue weighted by atomic mass is 9.86. The van der Waals surface area contributed by atoms with Gasteiger partial charge in [0.15, 0.2) is 28.2 Å². The van der Waals surface area contributed by atoms with Crippen LogP contribution in [0.15, 0.2) is 48.3 Å². The number of halogens is 2. The first-order chi connectivity index (χ1) is 21.6. The van der Waals surface area contributed by atoms with Crippen molar-refractivity contribution in [3.63, 3.8) is 0 Å². The Labute approximate surface area is 283 Å². The average molecular weight is 689 g/mol. The molecule has 2 aliphatic rings. The normalized spacial score (nSPS) is 25.7. The first kappa shape index (κ1) is 37.6. The molecule has 0 radical (unpaired) electrons. The summed E-state index contributed by atoms with van der Waals surface area (Å²) in [7, 11) is -4.48. The van der Waals surface area contributed by atoms with Crippen LogP contribution in [0.3, 0.4) is 0 Å². The number of ether oxygens (including phenoxy) is 1. The van der Waals surface area contributed by atoms with Gasteiger partial charge >= 0.3 is 5.92 Å². The zero-order chi connectivity index (χ0) is 35.0. The van der Waals surface area contributed by atoms with Gasteiger partial charge in [-0.15, -0.1) is 10.2 Å². The molecule has 4 rings (SSSR count). The minimum Gasteiger partial charge on any atom is -0.488 e. The molecule has 7 nitrogen and oxygen atoms in total. The monoisotopic (exact) mass is 688 g/mol. The molecule has 1 aromatic heterocycles. The summed E-state index contributed by atoms with van der Waals surface area (Å²) in [4.78, 5) is 0. The molecule has 1 aliphatic heterocycles. The summed E-state index contributed by atoms with van der Waals surface area (Å²) in [5.41, 5.74) is 2.36. The van der Waals surface area contributed by atoms with Crippen LogP contribution in [0, 0.1) is 18.8 Å². The highest BCUT2D eigenvalue weighted by Gasteiger charge is 2.64. The molecular weight excluding hydrogens is 631 g/mol. The van der Waals surface area contributed by atoms with E-state index < -0.39 is 40.5 Å². The van der Waals surface area contributed by atoms with Crippen molar-refractivity contribution in [3.8, 4) is 0 Å². The second-order valence-corrected chi connectivity index (χ2v) is 26.3. The fourth-order valence-corrected chi connectivity index (χ4v) is 8.79. The molecule has 0 bridgehead atoms. The third-order valence-corrected chi connectivity index (χ3v) is 20.1. The number of alkyl halides is 2. The van der Waals surface area contributed by atoms with E-state index in [9.17, 15) is 0 Å². The molecule has 11 heteroatoms. The number of nitrogens with zero attached hydrogens (tertiary/aromatic N) is 3. The number of fused-ring (bicyclic) bond motifs is 1. The van der Waals surface area contributed by atoms with Crippen LogP contribution in [-0.4, -0.2) is 61.5 Å². The van der Waals surface area contributed by atoms with Gasteiger partial charge in [0.1, 0.15) is 6.10 Å². The van der Waals surface area contributed by atoms with E-state index in [-0.39, 0.29) is 34.0 Å². The number of unbranched alkanes of at least 4 members (excludes halogenated alkanes) is 1. The van der Waals surface area contributed by atoms with Crippen LogP contribution < -0.4 is 0 Å². The SMILES string of the molecule is Cc1cccc(C(C)[C@@H](C=C[C@@H]2[C@@H]3[C@H](C[C@H]2O[Si](C)(C)C(C)(C)C)OC(=CCCCc2nn[nH]n2)C3(F)F)O[Si](C)(C)C(C)(C)C)c1. The first-order valence-electron chi connectivity index (χ1n) is 17.2. The highest BCUT2D eigenvalue weighted by molar-refractivity contribution is 6.74. The Bertz CT molecular complexity index is 1400. The third-order valence-electron chi connectivity index (χ3n) is 11.1. The van der Waals surface area contributed by atoms with Crippen LogP contribution in [0.25, 0.3) is 0 Å². The molecule has 1 saturated carbocycles. The Balaban J connectivity index is 1.67. The molecule has 1 aliphatic carbocycles. The number of allylic oxidation sites excluding steroid dienone is 2. The third kappa shape index (κ3) is 8.51. The molecule has 0 amide bonds. The minimum absolute atomic E-state index is 0.00634. The van der Waals surface area contributed by atoms with Crippen LogP contribution in [0.4, 0.5) is 8.78 Å². The minimum atomic E-state index is -3.12. The molecule has 2 aromatic rings. The van der Waals surface area contributed by atoms with Gasteiger partial charge in [0.25, 0.3) is 0 Å². The van der Waals surface area contributed by atoms with Crippen molar-refractivity contribution in [1.29, 1.82) is 0 Å². The summed E-state index contributed by atoms with van der Waals surface area (Å²) < 4.78 is 53.0. The van der Waals surface area contributed by atoms with Crippen LogP contribution in [-0.2, 0) is 20.0 Å². The molecule has 1 N–H and O–H groups in total. The molecule has 47 heavy (non-hydrogen) atoms. The number of aromatic amines is 1. The van der Waals surface area contributed by atoms with Gasteiger partial charge in [0, 0.05) is 24.7 Å². The Morgan fingerprint density at radius 2 is 1.77 bits per heavy atom. The highest BCUT2D eigenvalue weighted by Crippen LogP contribution is 2.56. The van der Waals surface area contributed by atoms with Crippen molar-refractivity contribution < 1.29 is 22.4 Å². The van der Waals surface area contributed by atoms with Gasteiger partial charge in [-0.2, -0.15) is 14.0 Å². The number of hydrogen-bond donors (Lipinski definition) is 1. The van der Waals surface area contributed by atoms with Gasteiger partial charge in [0.05, 0.1) is 18.1 Å². The van der Waals surface area contributed by atoms with Gasteiger partial charge < -0.3 is 13.6 Å².